The Morgan fingerprint density at radius 2 is 2.00 bits per heavy atom. The first kappa shape index (κ1) is 22.0. The largest absolute Gasteiger partial charge is 0.504 e. The number of anilines is 3. The maximum absolute atomic E-state index is 12.9. The van der Waals surface area contributed by atoms with Crippen molar-refractivity contribution in [3.8, 4) is 5.75 Å². The summed E-state index contributed by atoms with van der Waals surface area (Å²) in [5.74, 6) is 1.10. The first-order chi connectivity index (χ1) is 15.3. The molecule has 0 radical (unpaired) electrons. The van der Waals surface area contributed by atoms with Crippen LogP contribution in [0.4, 0.5) is 17.3 Å². The van der Waals surface area contributed by atoms with Crippen LogP contribution in [-0.4, -0.2) is 36.1 Å². The van der Waals surface area contributed by atoms with Crippen molar-refractivity contribution in [3.05, 3.63) is 46.8 Å². The second kappa shape index (κ2) is 8.71. The molecule has 2 aromatic heterocycles. The van der Waals surface area contributed by atoms with Crippen LogP contribution < -0.4 is 15.2 Å². The van der Waals surface area contributed by atoms with Crippen LogP contribution in [0.25, 0.3) is 0 Å². The summed E-state index contributed by atoms with van der Waals surface area (Å²) in [6, 6.07) is 7.71. The number of nitrogens with one attached hydrogen (secondary N) is 3. The average molecular weight is 465 g/mol. The van der Waals surface area contributed by atoms with Crippen molar-refractivity contribution in [2.24, 2.45) is 0 Å². The van der Waals surface area contributed by atoms with Crippen LogP contribution in [0.5, 0.6) is 5.75 Å². The summed E-state index contributed by atoms with van der Waals surface area (Å²) in [5.41, 5.74) is 0.105. The van der Waals surface area contributed by atoms with E-state index in [0.717, 1.165) is 18.6 Å². The molecule has 172 valence electrons. The van der Waals surface area contributed by atoms with E-state index >= 15 is 0 Å². The van der Waals surface area contributed by atoms with E-state index in [9.17, 15) is 18.4 Å². The number of rotatable bonds is 8. The van der Waals surface area contributed by atoms with Gasteiger partial charge in [-0.2, -0.15) is 4.31 Å². The van der Waals surface area contributed by atoms with Crippen LogP contribution >= 0.6 is 0 Å². The number of hydrogen-bond acceptors (Lipinski definition) is 8. The Hall–Kier alpha value is -3.25. The average Bonchev–Trinajstić information content (AvgIpc) is 3.51. The Kier molecular flexibility index (Phi) is 5.98. The van der Waals surface area contributed by atoms with Gasteiger partial charge in [0.05, 0.1) is 5.69 Å². The molecule has 3 aromatic rings. The predicted molar refractivity (Wildman–Crippen MR) is 116 cm³/mol. The zero-order chi connectivity index (χ0) is 22.9. The van der Waals surface area contributed by atoms with Crippen molar-refractivity contribution >= 4 is 27.3 Å². The molecule has 0 saturated carbocycles. The number of H-pyrrole nitrogens is 1. The van der Waals surface area contributed by atoms with E-state index < -0.39 is 15.8 Å². The Bertz CT molecular complexity index is 1260. The van der Waals surface area contributed by atoms with E-state index in [-0.39, 0.29) is 32.9 Å². The summed E-state index contributed by atoms with van der Waals surface area (Å²) in [6.07, 6.45) is 2.19. The zero-order valence-corrected chi connectivity index (χ0v) is 18.6. The molecule has 1 aromatic carbocycles. The topological polar surface area (TPSA) is 147 Å². The van der Waals surface area contributed by atoms with Crippen LogP contribution in [0.1, 0.15) is 43.7 Å². The number of aromatic hydroxyl groups is 1. The standard InChI is InChI=1S/C20H25N5O6S/c1-3-14(16-10-9-13(2)30-16)22-20-19(23-31-25(20)27)21-15-7-6-8-17(18(15)26)32(28,29)24-11-4-5-12-24/h6-10,14,22H,3-5,11-12H2,1-2H3,(H2-,21,23,26,27)/p+1/t14-/m1/s1. The molecular formula is C20H26N5O6S+. The summed E-state index contributed by atoms with van der Waals surface area (Å²) in [7, 11) is -3.83. The second-order valence-electron chi connectivity index (χ2n) is 7.62. The molecule has 11 nitrogen and oxygen atoms in total. The van der Waals surface area contributed by atoms with Gasteiger partial charge < -0.3 is 14.8 Å². The molecule has 0 amide bonds. The number of aromatic amines is 1. The highest BCUT2D eigenvalue weighted by atomic mass is 32.2. The monoisotopic (exact) mass is 464 g/mol. The van der Waals surface area contributed by atoms with Crippen molar-refractivity contribution in [1.29, 1.82) is 0 Å². The first-order valence-electron chi connectivity index (χ1n) is 10.4. The van der Waals surface area contributed by atoms with Crippen molar-refractivity contribution < 1.29 is 27.2 Å². The number of para-hydroxylation sites is 1. The number of furan rings is 1. The van der Waals surface area contributed by atoms with E-state index in [2.05, 4.69) is 15.8 Å². The number of phenolic OH excluding ortho intramolecular Hbond substituents is 1. The Morgan fingerprint density at radius 3 is 2.66 bits per heavy atom. The third kappa shape index (κ3) is 4.10. The van der Waals surface area contributed by atoms with E-state index in [1.807, 2.05) is 26.0 Å². The van der Waals surface area contributed by atoms with Gasteiger partial charge >= 0.3 is 5.82 Å². The van der Waals surface area contributed by atoms with Crippen LogP contribution in [0, 0.1) is 11.8 Å². The van der Waals surface area contributed by atoms with Crippen molar-refractivity contribution in [3.63, 3.8) is 0 Å². The number of hydrogen-bond donors (Lipinski definition) is 4. The lowest BCUT2D eigenvalue weighted by Gasteiger charge is -2.17. The quantitative estimate of drug-likeness (QED) is 0.372. The number of phenols is 1. The molecule has 3 heterocycles. The minimum Gasteiger partial charge on any atom is -0.504 e. The second-order valence-corrected chi connectivity index (χ2v) is 9.52. The van der Waals surface area contributed by atoms with Crippen molar-refractivity contribution in [2.75, 3.05) is 23.7 Å². The lowest BCUT2D eigenvalue weighted by molar-refractivity contribution is -0.701. The van der Waals surface area contributed by atoms with Crippen LogP contribution in [0.3, 0.4) is 0 Å². The van der Waals surface area contributed by atoms with Gasteiger partial charge in [0, 0.05) is 13.1 Å². The highest BCUT2D eigenvalue weighted by Crippen LogP contribution is 2.36. The molecule has 0 unspecified atom stereocenters. The molecule has 32 heavy (non-hydrogen) atoms. The Morgan fingerprint density at radius 1 is 1.25 bits per heavy atom. The number of nitrogens with zero attached hydrogens (tertiary/aromatic N) is 2. The maximum Gasteiger partial charge on any atom is 0.367 e. The lowest BCUT2D eigenvalue weighted by atomic mass is 10.2. The summed E-state index contributed by atoms with van der Waals surface area (Å²) in [4.78, 5) is 12.0. The molecule has 1 saturated heterocycles. The summed E-state index contributed by atoms with van der Waals surface area (Å²) >= 11 is 0. The van der Waals surface area contributed by atoms with Crippen LogP contribution in [0.15, 0.2) is 44.3 Å². The summed E-state index contributed by atoms with van der Waals surface area (Å²) < 4.78 is 37.9. The molecule has 0 spiro atoms. The summed E-state index contributed by atoms with van der Waals surface area (Å²) in [5, 5.41) is 19.1. The van der Waals surface area contributed by atoms with Gasteiger partial charge in [0.15, 0.2) is 10.3 Å². The van der Waals surface area contributed by atoms with Gasteiger partial charge in [-0.15, -0.1) is 4.63 Å². The normalized spacial score (nSPS) is 15.7. The number of aryl methyl sites for hydroxylation is 1. The van der Waals surface area contributed by atoms with E-state index in [0.29, 0.717) is 25.3 Å². The predicted octanol–water partition coefficient (Wildman–Crippen LogP) is 3.22. The third-order valence-corrected chi connectivity index (χ3v) is 7.35. The zero-order valence-electron chi connectivity index (χ0n) is 17.8. The smallest absolute Gasteiger partial charge is 0.367 e. The Labute approximate surface area is 184 Å². The lowest BCUT2D eigenvalue weighted by Crippen LogP contribution is -2.28. The molecule has 12 heteroatoms. The minimum atomic E-state index is -3.83. The molecule has 4 N–H and O–H groups in total. The van der Waals surface area contributed by atoms with Gasteiger partial charge in [-0.05, 0) is 55.4 Å². The molecular weight excluding hydrogens is 438 g/mol. The highest BCUT2D eigenvalue weighted by molar-refractivity contribution is 7.89. The van der Waals surface area contributed by atoms with Gasteiger partial charge in [-0.25, -0.2) is 8.42 Å². The molecule has 1 atom stereocenters. The molecule has 1 aliphatic heterocycles. The van der Waals surface area contributed by atoms with E-state index in [1.165, 1.54) is 22.5 Å². The van der Waals surface area contributed by atoms with Gasteiger partial charge in [-0.1, -0.05) is 18.1 Å². The molecule has 1 fully saturated rings. The van der Waals surface area contributed by atoms with Crippen molar-refractivity contribution in [2.45, 2.75) is 44.0 Å². The van der Waals surface area contributed by atoms with Gasteiger partial charge in [0.1, 0.15) is 22.5 Å². The van der Waals surface area contributed by atoms with Gasteiger partial charge in [0.2, 0.25) is 10.0 Å². The fourth-order valence-corrected chi connectivity index (χ4v) is 5.32. The fourth-order valence-electron chi connectivity index (χ4n) is 3.70. The SMILES string of the molecule is CC[C@@H](Nc1c(Nc2cccc(S(=O)(=O)N3CCCC3)c2O)[nH]o[n+]1=O)c1ccc(C)o1. The molecule has 0 aliphatic carbocycles. The van der Waals surface area contributed by atoms with Gasteiger partial charge in [-0.3, -0.25) is 5.32 Å². The fraction of sp³-hybridized carbons (Fsp3) is 0.400. The first-order valence-corrected chi connectivity index (χ1v) is 11.8. The molecule has 0 bridgehead atoms. The summed E-state index contributed by atoms with van der Waals surface area (Å²) in [6.45, 7) is 4.60. The van der Waals surface area contributed by atoms with Crippen LogP contribution in [-0.2, 0) is 10.0 Å². The molecule has 4 rings (SSSR count). The van der Waals surface area contributed by atoms with Gasteiger partial charge in [0.25, 0.3) is 5.82 Å². The van der Waals surface area contributed by atoms with E-state index in [4.69, 9.17) is 9.05 Å². The maximum atomic E-state index is 12.9. The van der Waals surface area contributed by atoms with E-state index in [1.54, 1.807) is 0 Å². The molecule has 1 aliphatic rings. The van der Waals surface area contributed by atoms with Crippen molar-refractivity contribution in [1.82, 2.24) is 9.46 Å². The minimum absolute atomic E-state index is 0.0260. The number of aromatic nitrogens is 2. The number of sulfonamides is 1. The third-order valence-electron chi connectivity index (χ3n) is 5.42. The van der Waals surface area contributed by atoms with Crippen LogP contribution in [0.2, 0.25) is 0 Å². The number of benzene rings is 1. The Balaban J connectivity index is 1.63. The highest BCUT2D eigenvalue weighted by Gasteiger charge is 2.31.